The van der Waals surface area contributed by atoms with Gasteiger partial charge in [-0.15, -0.1) is 0 Å². The van der Waals surface area contributed by atoms with Crippen molar-refractivity contribution in [2.45, 2.75) is 19.3 Å². The summed E-state index contributed by atoms with van der Waals surface area (Å²) in [5.74, 6) is 0.646. The molecular weight excluding hydrogens is 378 g/mol. The van der Waals surface area contributed by atoms with Crippen molar-refractivity contribution in [2.75, 3.05) is 26.7 Å². The third-order valence-corrected chi connectivity index (χ3v) is 5.71. The second-order valence-electron chi connectivity index (χ2n) is 7.75. The van der Waals surface area contributed by atoms with Crippen LogP contribution >= 0.6 is 0 Å². The zero-order valence-corrected chi connectivity index (χ0v) is 17.2. The lowest BCUT2D eigenvalue weighted by atomic mass is 9.96. The van der Waals surface area contributed by atoms with Crippen LogP contribution in [-0.2, 0) is 11.2 Å². The van der Waals surface area contributed by atoms with Crippen molar-refractivity contribution in [3.05, 3.63) is 65.9 Å². The van der Waals surface area contributed by atoms with Crippen LogP contribution in [0.15, 0.2) is 54.6 Å². The van der Waals surface area contributed by atoms with Crippen LogP contribution in [-0.4, -0.2) is 48.4 Å². The Labute approximate surface area is 176 Å². The number of para-hydroxylation sites is 1. The molecule has 2 N–H and O–H groups in total. The van der Waals surface area contributed by atoms with Gasteiger partial charge in [-0.2, -0.15) is 0 Å². The Morgan fingerprint density at radius 2 is 1.97 bits per heavy atom. The van der Waals surface area contributed by atoms with Crippen molar-refractivity contribution in [1.82, 2.24) is 15.2 Å². The normalized spacial score (nSPS) is 16.4. The van der Waals surface area contributed by atoms with Gasteiger partial charge in [0.25, 0.3) is 5.91 Å². The van der Waals surface area contributed by atoms with Gasteiger partial charge in [0.2, 0.25) is 5.91 Å². The van der Waals surface area contributed by atoms with Crippen LogP contribution in [0.25, 0.3) is 10.9 Å². The van der Waals surface area contributed by atoms with Crippen molar-refractivity contribution >= 4 is 22.7 Å². The number of methoxy groups -OCH3 is 1. The minimum Gasteiger partial charge on any atom is -0.497 e. The van der Waals surface area contributed by atoms with Gasteiger partial charge >= 0.3 is 0 Å². The number of ether oxygens (including phenoxy) is 1. The largest absolute Gasteiger partial charge is 0.497 e. The van der Waals surface area contributed by atoms with Crippen LogP contribution in [0.3, 0.4) is 0 Å². The average Bonchev–Trinajstić information content (AvgIpc) is 3.23. The van der Waals surface area contributed by atoms with Crippen molar-refractivity contribution < 1.29 is 14.3 Å². The van der Waals surface area contributed by atoms with E-state index in [1.54, 1.807) is 12.0 Å². The van der Waals surface area contributed by atoms with Crippen LogP contribution in [0.5, 0.6) is 5.75 Å². The number of aromatic amines is 1. The first-order valence-electron chi connectivity index (χ1n) is 10.4. The molecule has 6 nitrogen and oxygen atoms in total. The van der Waals surface area contributed by atoms with E-state index >= 15 is 0 Å². The van der Waals surface area contributed by atoms with Crippen LogP contribution in [0.2, 0.25) is 0 Å². The molecule has 156 valence electrons. The van der Waals surface area contributed by atoms with Gasteiger partial charge in [0.1, 0.15) is 11.4 Å². The molecule has 0 aliphatic carbocycles. The maximum Gasteiger partial charge on any atom is 0.270 e. The molecule has 1 aromatic heterocycles. The highest BCUT2D eigenvalue weighted by molar-refractivity contribution is 5.98. The highest BCUT2D eigenvalue weighted by atomic mass is 16.5. The quantitative estimate of drug-likeness (QED) is 0.660. The number of nitrogens with zero attached hydrogens (tertiary/aromatic N) is 1. The summed E-state index contributed by atoms with van der Waals surface area (Å²) in [6, 6.07) is 17.6. The summed E-state index contributed by atoms with van der Waals surface area (Å²) >= 11 is 0. The number of H-pyrrole nitrogens is 1. The fraction of sp³-hybridized carbons (Fsp3) is 0.333. The Kier molecular flexibility index (Phi) is 6.02. The van der Waals surface area contributed by atoms with Crippen molar-refractivity contribution in [3.8, 4) is 5.75 Å². The van der Waals surface area contributed by atoms with Crippen LogP contribution in [0.4, 0.5) is 0 Å². The molecule has 0 saturated carbocycles. The molecule has 1 saturated heterocycles. The molecule has 30 heavy (non-hydrogen) atoms. The standard InChI is InChI=1S/C24H27N3O3/c1-30-20-10-8-17(9-11-20)12-13-25-23(28)19-6-4-14-27(16-19)24(29)22-15-18-5-2-3-7-21(18)26-22/h2-3,5,7-11,15,19,26H,4,6,12-14,16H2,1H3,(H,25,28). The Bertz CT molecular complexity index is 993. The molecule has 1 aliphatic heterocycles. The molecule has 1 unspecified atom stereocenters. The molecule has 0 bridgehead atoms. The highest BCUT2D eigenvalue weighted by Crippen LogP contribution is 2.21. The zero-order valence-electron chi connectivity index (χ0n) is 17.2. The van der Waals surface area contributed by atoms with Crippen LogP contribution < -0.4 is 10.1 Å². The third-order valence-electron chi connectivity index (χ3n) is 5.71. The molecule has 6 heteroatoms. The van der Waals surface area contributed by atoms with E-state index in [4.69, 9.17) is 4.74 Å². The Morgan fingerprint density at radius 1 is 1.17 bits per heavy atom. The number of carbonyl (C=O) groups is 2. The van der Waals surface area contributed by atoms with Gasteiger partial charge in [-0.25, -0.2) is 0 Å². The van der Waals surface area contributed by atoms with E-state index in [0.29, 0.717) is 25.3 Å². The molecular formula is C24H27N3O3. The summed E-state index contributed by atoms with van der Waals surface area (Å²) in [6.45, 7) is 1.73. The van der Waals surface area contributed by atoms with Gasteiger partial charge in [0, 0.05) is 30.5 Å². The fourth-order valence-electron chi connectivity index (χ4n) is 4.00. The molecule has 2 heterocycles. The topological polar surface area (TPSA) is 74.4 Å². The van der Waals surface area contributed by atoms with Crippen molar-refractivity contribution in [3.63, 3.8) is 0 Å². The van der Waals surface area contributed by atoms with E-state index in [2.05, 4.69) is 10.3 Å². The van der Waals surface area contributed by atoms with Gasteiger partial charge in [0.05, 0.1) is 13.0 Å². The Hall–Kier alpha value is -3.28. The molecule has 1 fully saturated rings. The number of benzene rings is 2. The summed E-state index contributed by atoms with van der Waals surface area (Å²) < 4.78 is 5.17. The monoisotopic (exact) mass is 405 g/mol. The summed E-state index contributed by atoms with van der Waals surface area (Å²) in [4.78, 5) is 30.6. The molecule has 0 radical (unpaired) electrons. The Balaban J connectivity index is 1.31. The summed E-state index contributed by atoms with van der Waals surface area (Å²) in [7, 11) is 1.64. The summed E-state index contributed by atoms with van der Waals surface area (Å²) in [5, 5.41) is 4.05. The molecule has 2 aromatic carbocycles. The molecule has 0 spiro atoms. The average molecular weight is 405 g/mol. The minimum atomic E-state index is -0.164. The number of amides is 2. The second-order valence-corrected chi connectivity index (χ2v) is 7.75. The van der Waals surface area contributed by atoms with E-state index in [9.17, 15) is 9.59 Å². The van der Waals surface area contributed by atoms with Gasteiger partial charge in [-0.1, -0.05) is 30.3 Å². The number of hydrogen-bond donors (Lipinski definition) is 2. The third kappa shape index (κ3) is 4.48. The number of hydrogen-bond acceptors (Lipinski definition) is 3. The van der Waals surface area contributed by atoms with Gasteiger partial charge in [0.15, 0.2) is 0 Å². The van der Waals surface area contributed by atoms with Gasteiger partial charge < -0.3 is 19.9 Å². The number of piperidine rings is 1. The van der Waals surface area contributed by atoms with E-state index in [-0.39, 0.29) is 17.7 Å². The van der Waals surface area contributed by atoms with E-state index in [0.717, 1.165) is 41.5 Å². The number of likely N-dealkylation sites (tertiary alicyclic amines) is 1. The molecule has 1 aliphatic rings. The number of carbonyl (C=O) groups excluding carboxylic acids is 2. The van der Waals surface area contributed by atoms with Crippen molar-refractivity contribution in [1.29, 1.82) is 0 Å². The first-order chi connectivity index (χ1) is 14.6. The second kappa shape index (κ2) is 9.03. The summed E-state index contributed by atoms with van der Waals surface area (Å²) in [6.07, 6.45) is 2.41. The lowest BCUT2D eigenvalue weighted by molar-refractivity contribution is -0.126. The zero-order chi connectivity index (χ0) is 20.9. The van der Waals surface area contributed by atoms with Crippen molar-refractivity contribution in [2.24, 2.45) is 5.92 Å². The predicted molar refractivity (Wildman–Crippen MR) is 117 cm³/mol. The van der Waals surface area contributed by atoms with E-state index in [1.165, 1.54) is 0 Å². The first-order valence-corrected chi connectivity index (χ1v) is 10.4. The molecule has 4 rings (SSSR count). The van der Waals surface area contributed by atoms with Gasteiger partial charge in [-0.3, -0.25) is 9.59 Å². The summed E-state index contributed by atoms with van der Waals surface area (Å²) in [5.41, 5.74) is 2.68. The number of nitrogens with one attached hydrogen (secondary N) is 2. The van der Waals surface area contributed by atoms with E-state index in [1.807, 2.05) is 54.6 Å². The van der Waals surface area contributed by atoms with E-state index < -0.39 is 0 Å². The fourth-order valence-corrected chi connectivity index (χ4v) is 4.00. The lowest BCUT2D eigenvalue weighted by Crippen LogP contribution is -2.45. The minimum absolute atomic E-state index is 0.0256. The SMILES string of the molecule is COc1ccc(CCNC(=O)C2CCCN(C(=O)c3cc4ccccc4[nH]3)C2)cc1. The first kappa shape index (κ1) is 20.0. The molecule has 3 aromatic rings. The number of aromatic nitrogens is 1. The van der Waals surface area contributed by atoms with Gasteiger partial charge in [-0.05, 0) is 49.1 Å². The number of rotatable bonds is 6. The predicted octanol–water partition coefficient (Wildman–Crippen LogP) is 3.39. The maximum atomic E-state index is 12.9. The smallest absolute Gasteiger partial charge is 0.270 e. The molecule has 1 atom stereocenters. The van der Waals surface area contributed by atoms with Crippen LogP contribution in [0, 0.1) is 5.92 Å². The number of fused-ring (bicyclic) bond motifs is 1. The maximum absolute atomic E-state index is 12.9. The molecule has 2 amide bonds. The lowest BCUT2D eigenvalue weighted by Gasteiger charge is -2.31. The van der Waals surface area contributed by atoms with Crippen LogP contribution in [0.1, 0.15) is 28.9 Å². The highest BCUT2D eigenvalue weighted by Gasteiger charge is 2.29. The Morgan fingerprint density at radius 3 is 2.73 bits per heavy atom.